The predicted octanol–water partition coefficient (Wildman–Crippen LogP) is 2.70. The fourth-order valence-electron chi connectivity index (χ4n) is 2.16. The van der Waals surface area contributed by atoms with Crippen LogP contribution < -0.4 is 5.32 Å². The zero-order valence-electron chi connectivity index (χ0n) is 12.7. The van der Waals surface area contributed by atoms with Crippen molar-refractivity contribution in [3.8, 4) is 6.07 Å². The summed E-state index contributed by atoms with van der Waals surface area (Å²) in [6.07, 6.45) is 4.57. The van der Waals surface area contributed by atoms with Crippen LogP contribution in [-0.4, -0.2) is 24.0 Å². The fourth-order valence-corrected chi connectivity index (χ4v) is 2.36. The number of rotatable bonds is 6. The van der Waals surface area contributed by atoms with Crippen LogP contribution >= 0.6 is 11.6 Å². The Morgan fingerprint density at radius 3 is 2.78 bits per heavy atom. The highest BCUT2D eigenvalue weighted by atomic mass is 35.5. The first-order valence-electron chi connectivity index (χ1n) is 7.26. The summed E-state index contributed by atoms with van der Waals surface area (Å²) in [4.78, 5) is 23.4. The van der Waals surface area contributed by atoms with Gasteiger partial charge in [0.1, 0.15) is 5.54 Å². The second-order valence-corrected chi connectivity index (χ2v) is 6.01. The second-order valence-electron chi connectivity index (χ2n) is 5.60. The Balaban J connectivity index is 1.81. The molecule has 1 atom stereocenters. The highest BCUT2D eigenvalue weighted by Crippen LogP contribution is 2.39. The zero-order valence-corrected chi connectivity index (χ0v) is 13.5. The molecule has 0 spiro atoms. The lowest BCUT2D eigenvalue weighted by atomic mass is 9.98. The monoisotopic (exact) mass is 332 g/mol. The van der Waals surface area contributed by atoms with Crippen LogP contribution in [0.2, 0.25) is 5.02 Å². The minimum atomic E-state index is -0.892. The van der Waals surface area contributed by atoms with Gasteiger partial charge in [-0.15, -0.1) is 0 Å². The molecule has 0 heterocycles. The number of carbonyl (C=O) groups is 2. The number of nitrogens with one attached hydrogen (secondary N) is 1. The van der Waals surface area contributed by atoms with Crippen LogP contribution in [0.3, 0.4) is 0 Å². The molecule has 1 aliphatic carbocycles. The molecule has 5 nitrogen and oxygen atoms in total. The summed E-state index contributed by atoms with van der Waals surface area (Å²) in [7, 11) is 0. The number of nitriles is 1. The summed E-state index contributed by atoms with van der Waals surface area (Å²) < 4.78 is 4.87. The number of hydrogen-bond donors (Lipinski definition) is 1. The van der Waals surface area contributed by atoms with Crippen molar-refractivity contribution in [1.29, 1.82) is 5.26 Å². The van der Waals surface area contributed by atoms with E-state index in [2.05, 4.69) is 11.4 Å². The third kappa shape index (κ3) is 4.83. The van der Waals surface area contributed by atoms with Gasteiger partial charge >= 0.3 is 5.97 Å². The summed E-state index contributed by atoms with van der Waals surface area (Å²) in [6, 6.07) is 9.16. The Hall–Kier alpha value is -2.32. The summed E-state index contributed by atoms with van der Waals surface area (Å²) >= 11 is 5.96. The molecule has 0 unspecified atom stereocenters. The molecule has 0 aromatic heterocycles. The molecule has 120 valence electrons. The minimum Gasteiger partial charge on any atom is -0.452 e. The van der Waals surface area contributed by atoms with Gasteiger partial charge in [-0.3, -0.25) is 4.79 Å². The fraction of sp³-hybridized carbons (Fsp3) is 0.353. The molecule has 23 heavy (non-hydrogen) atoms. The van der Waals surface area contributed by atoms with E-state index in [1.807, 2.05) is 0 Å². The number of ether oxygens (including phenoxy) is 1. The van der Waals surface area contributed by atoms with E-state index in [1.54, 1.807) is 31.2 Å². The van der Waals surface area contributed by atoms with Crippen molar-refractivity contribution in [2.24, 2.45) is 5.92 Å². The van der Waals surface area contributed by atoms with Gasteiger partial charge in [0.25, 0.3) is 5.91 Å². The summed E-state index contributed by atoms with van der Waals surface area (Å²) in [6.45, 7) is 1.26. The van der Waals surface area contributed by atoms with Crippen molar-refractivity contribution in [1.82, 2.24) is 5.32 Å². The predicted molar refractivity (Wildman–Crippen MR) is 86.3 cm³/mol. The first kappa shape index (κ1) is 17.0. The van der Waals surface area contributed by atoms with Crippen LogP contribution in [0.1, 0.15) is 25.3 Å². The van der Waals surface area contributed by atoms with Gasteiger partial charge in [0, 0.05) is 11.1 Å². The molecular weight excluding hydrogens is 316 g/mol. The maximum Gasteiger partial charge on any atom is 0.331 e. The Morgan fingerprint density at radius 1 is 1.48 bits per heavy atom. The number of benzene rings is 1. The van der Waals surface area contributed by atoms with Crippen molar-refractivity contribution in [3.63, 3.8) is 0 Å². The van der Waals surface area contributed by atoms with Crippen LogP contribution in [0.15, 0.2) is 30.3 Å². The molecule has 6 heteroatoms. The van der Waals surface area contributed by atoms with E-state index >= 15 is 0 Å². The van der Waals surface area contributed by atoms with Crippen LogP contribution in [0.25, 0.3) is 6.08 Å². The summed E-state index contributed by atoms with van der Waals surface area (Å²) in [5.41, 5.74) is -0.210. The van der Waals surface area contributed by atoms with Gasteiger partial charge in [-0.05, 0) is 43.4 Å². The van der Waals surface area contributed by atoms with E-state index in [1.165, 1.54) is 12.2 Å². The van der Waals surface area contributed by atoms with Crippen molar-refractivity contribution in [2.45, 2.75) is 25.3 Å². The van der Waals surface area contributed by atoms with E-state index in [0.29, 0.717) is 10.6 Å². The van der Waals surface area contributed by atoms with Gasteiger partial charge in [-0.2, -0.15) is 5.26 Å². The van der Waals surface area contributed by atoms with Gasteiger partial charge in [0.05, 0.1) is 6.07 Å². The molecule has 1 fully saturated rings. The number of esters is 1. The number of carbonyl (C=O) groups excluding carboxylic acids is 2. The molecule has 2 rings (SSSR count). The lowest BCUT2D eigenvalue weighted by Gasteiger charge is -2.22. The molecule has 1 saturated carbocycles. The number of nitrogens with zero attached hydrogens (tertiary/aromatic N) is 1. The molecule has 1 N–H and O–H groups in total. The van der Waals surface area contributed by atoms with Gasteiger partial charge in [-0.25, -0.2) is 4.79 Å². The van der Waals surface area contributed by atoms with E-state index < -0.39 is 24.0 Å². The molecule has 1 aromatic carbocycles. The number of amides is 1. The normalized spacial score (nSPS) is 16.4. The Kier molecular flexibility index (Phi) is 5.41. The maximum absolute atomic E-state index is 11.8. The number of hydrogen-bond acceptors (Lipinski definition) is 4. The van der Waals surface area contributed by atoms with E-state index in [-0.39, 0.29) is 5.92 Å². The molecule has 1 amide bonds. The lowest BCUT2D eigenvalue weighted by molar-refractivity contribution is -0.144. The van der Waals surface area contributed by atoms with Crippen LogP contribution in [0.4, 0.5) is 0 Å². The number of halogens is 1. The van der Waals surface area contributed by atoms with E-state index in [4.69, 9.17) is 21.6 Å². The van der Waals surface area contributed by atoms with Crippen molar-refractivity contribution in [2.75, 3.05) is 6.61 Å². The third-order valence-electron chi connectivity index (χ3n) is 3.67. The molecule has 0 aliphatic heterocycles. The summed E-state index contributed by atoms with van der Waals surface area (Å²) in [5.74, 6) is -0.960. The first-order chi connectivity index (χ1) is 10.9. The second kappa shape index (κ2) is 7.30. The van der Waals surface area contributed by atoms with Gasteiger partial charge < -0.3 is 10.1 Å². The average Bonchev–Trinajstić information content (AvgIpc) is 3.37. The lowest BCUT2D eigenvalue weighted by Crippen LogP contribution is -2.48. The smallest absolute Gasteiger partial charge is 0.331 e. The van der Waals surface area contributed by atoms with Gasteiger partial charge in [0.2, 0.25) is 0 Å². The van der Waals surface area contributed by atoms with Crippen molar-refractivity contribution < 1.29 is 14.3 Å². The Morgan fingerprint density at radius 2 is 2.17 bits per heavy atom. The molecular formula is C17H17ClN2O3. The molecule has 0 bridgehead atoms. The minimum absolute atomic E-state index is 0.173. The highest BCUT2D eigenvalue weighted by Gasteiger charge is 2.43. The maximum atomic E-state index is 11.8. The quantitative estimate of drug-likeness (QED) is 0.641. The standard InChI is InChI=1S/C17H17ClN2O3/c1-17(11-19,13-7-8-13)20-15(21)10-23-16(22)9-6-12-4-2-3-5-14(12)18/h2-6,9,13H,7-8,10H2,1H3,(H,20,21)/b9-6+/t17-/m1/s1. The summed E-state index contributed by atoms with van der Waals surface area (Å²) in [5, 5.41) is 12.3. The first-order valence-corrected chi connectivity index (χ1v) is 7.64. The van der Waals surface area contributed by atoms with E-state index in [9.17, 15) is 9.59 Å². The van der Waals surface area contributed by atoms with E-state index in [0.717, 1.165) is 12.8 Å². The Bertz CT molecular complexity index is 677. The van der Waals surface area contributed by atoms with Crippen molar-refractivity contribution >= 4 is 29.6 Å². The van der Waals surface area contributed by atoms with Gasteiger partial charge in [-0.1, -0.05) is 29.8 Å². The van der Waals surface area contributed by atoms with Crippen molar-refractivity contribution in [3.05, 3.63) is 40.9 Å². The Labute approximate surface area is 139 Å². The van der Waals surface area contributed by atoms with Gasteiger partial charge in [0.15, 0.2) is 6.61 Å². The van der Waals surface area contributed by atoms with Crippen LogP contribution in [0.5, 0.6) is 0 Å². The molecule has 0 radical (unpaired) electrons. The SMILES string of the molecule is C[C@](C#N)(NC(=O)COC(=O)/C=C/c1ccccc1Cl)C1CC1. The third-order valence-corrected chi connectivity index (χ3v) is 4.02. The topological polar surface area (TPSA) is 79.2 Å². The molecule has 1 aliphatic rings. The van der Waals surface area contributed by atoms with Crippen LogP contribution in [-0.2, 0) is 14.3 Å². The highest BCUT2D eigenvalue weighted by molar-refractivity contribution is 6.32. The zero-order chi connectivity index (χ0) is 16.9. The largest absolute Gasteiger partial charge is 0.452 e. The molecule has 0 saturated heterocycles. The molecule has 1 aromatic rings. The van der Waals surface area contributed by atoms with Crippen LogP contribution in [0, 0.1) is 17.2 Å². The average molecular weight is 333 g/mol.